The Bertz CT molecular complexity index is 3180. The van der Waals surface area contributed by atoms with E-state index < -0.39 is 11.5 Å². The van der Waals surface area contributed by atoms with E-state index in [-0.39, 0.29) is 29.9 Å². The predicted octanol–water partition coefficient (Wildman–Crippen LogP) is 14.6. The summed E-state index contributed by atoms with van der Waals surface area (Å²) in [7, 11) is 0. The first-order valence-electron chi connectivity index (χ1n) is 21.8. The Morgan fingerprint density at radius 3 is 1.28 bits per heavy atom. The maximum absolute atomic E-state index is 9.02. The summed E-state index contributed by atoms with van der Waals surface area (Å²) in [5, 5.41) is 0. The molecule has 1 atom stereocenters. The molecule has 0 aromatic heterocycles. The number of para-hydroxylation sites is 3. The van der Waals surface area contributed by atoms with Crippen molar-refractivity contribution in [3.8, 4) is 33.4 Å². The summed E-state index contributed by atoms with van der Waals surface area (Å²) in [5.74, 6) is 0. The van der Waals surface area contributed by atoms with Crippen molar-refractivity contribution < 1.29 is 6.85 Å². The van der Waals surface area contributed by atoms with Gasteiger partial charge in [-0.05, 0) is 128 Å². The van der Waals surface area contributed by atoms with Gasteiger partial charge >= 0.3 is 0 Å². The highest BCUT2D eigenvalue weighted by molar-refractivity contribution is 5.98. The maximum atomic E-state index is 9.02. The molecule has 0 saturated heterocycles. The Hall–Kier alpha value is -7.42. The minimum atomic E-state index is -0.631. The van der Waals surface area contributed by atoms with Gasteiger partial charge in [-0.25, -0.2) is 0 Å². The molecule has 268 valence electrons. The second kappa shape index (κ2) is 13.4. The summed E-state index contributed by atoms with van der Waals surface area (Å²) in [6, 6.07) is 68.1. The lowest BCUT2D eigenvalue weighted by atomic mass is 9.70. The molecule has 0 aliphatic heterocycles. The first-order valence-corrected chi connectivity index (χ1v) is 19.3. The molecule has 0 N–H and O–H groups in total. The Kier molecular flexibility index (Phi) is 6.60. The van der Waals surface area contributed by atoms with Gasteiger partial charge in [-0.1, -0.05) is 158 Å². The fourth-order valence-corrected chi connectivity index (χ4v) is 9.22. The van der Waals surface area contributed by atoms with Gasteiger partial charge in [0.2, 0.25) is 0 Å². The largest absolute Gasteiger partial charge is 0.310 e. The van der Waals surface area contributed by atoms with Crippen LogP contribution in [0.2, 0.25) is 0 Å². The fourth-order valence-electron chi connectivity index (χ4n) is 9.22. The van der Waals surface area contributed by atoms with Crippen molar-refractivity contribution >= 4 is 34.1 Å². The van der Waals surface area contributed by atoms with Crippen molar-refractivity contribution in [1.82, 2.24) is 0 Å². The van der Waals surface area contributed by atoms with Crippen molar-refractivity contribution in [2.24, 2.45) is 0 Å². The molecule has 57 heavy (non-hydrogen) atoms. The Morgan fingerprint density at radius 1 is 0.298 bits per heavy atom. The van der Waals surface area contributed by atoms with E-state index in [1.54, 1.807) is 4.90 Å². The molecule has 0 radical (unpaired) electrons. The molecule has 9 aromatic carbocycles. The molecule has 2 nitrogen and oxygen atoms in total. The van der Waals surface area contributed by atoms with E-state index in [0.717, 1.165) is 50.4 Å². The van der Waals surface area contributed by atoms with Gasteiger partial charge in [0.1, 0.15) is 0 Å². The standard InChI is InChI=1S/C55H38N2/c1-5-18-39(19-6-1)40-20-17-27-44(36-40)57(43-25-11-4-12-26-43)46-33-35-54-50(38-46)48-29-14-16-31-52(48)55(54)51-30-15-13-28-47(51)49-37-45(32-34-53(49)55)56(41-21-7-2-8-22-41)42-23-9-3-10-24-42/h1-38H/i2D,7D,8D,21D,22D. The van der Waals surface area contributed by atoms with Crippen LogP contribution in [0.25, 0.3) is 33.4 Å². The summed E-state index contributed by atoms with van der Waals surface area (Å²) < 4.78 is 43.5. The lowest BCUT2D eigenvalue weighted by Gasteiger charge is -2.32. The van der Waals surface area contributed by atoms with Gasteiger partial charge in [0, 0.05) is 34.1 Å². The molecule has 2 aliphatic rings. The van der Waals surface area contributed by atoms with E-state index in [1.807, 2.05) is 42.5 Å². The van der Waals surface area contributed by atoms with Crippen LogP contribution in [-0.2, 0) is 5.41 Å². The van der Waals surface area contributed by atoms with Crippen LogP contribution in [0.4, 0.5) is 34.1 Å². The second-order valence-corrected chi connectivity index (χ2v) is 14.5. The highest BCUT2D eigenvalue weighted by Gasteiger charge is 2.51. The van der Waals surface area contributed by atoms with Crippen LogP contribution in [-0.4, -0.2) is 0 Å². The smallest absolute Gasteiger partial charge is 0.0725 e. The minimum Gasteiger partial charge on any atom is -0.310 e. The second-order valence-electron chi connectivity index (χ2n) is 14.5. The Morgan fingerprint density at radius 2 is 0.719 bits per heavy atom. The van der Waals surface area contributed by atoms with Crippen LogP contribution in [0, 0.1) is 0 Å². The number of anilines is 6. The highest BCUT2D eigenvalue weighted by Crippen LogP contribution is 2.63. The third-order valence-electron chi connectivity index (χ3n) is 11.5. The lowest BCUT2D eigenvalue weighted by Crippen LogP contribution is -2.26. The van der Waals surface area contributed by atoms with Crippen LogP contribution in [0.15, 0.2) is 230 Å². The number of rotatable bonds is 7. The monoisotopic (exact) mass is 731 g/mol. The van der Waals surface area contributed by atoms with E-state index in [9.17, 15) is 0 Å². The fraction of sp³-hybridized carbons (Fsp3) is 0.0182. The number of fused-ring (bicyclic) bond motifs is 10. The molecule has 2 aliphatic carbocycles. The van der Waals surface area contributed by atoms with Crippen molar-refractivity contribution in [1.29, 1.82) is 0 Å². The summed E-state index contributed by atoms with van der Waals surface area (Å²) in [6.07, 6.45) is 0. The summed E-state index contributed by atoms with van der Waals surface area (Å²) in [5.41, 5.74) is 15.5. The quantitative estimate of drug-likeness (QED) is 0.161. The molecule has 0 heterocycles. The zero-order valence-electron chi connectivity index (χ0n) is 35.9. The van der Waals surface area contributed by atoms with Gasteiger partial charge in [0.25, 0.3) is 0 Å². The molecule has 9 aromatic rings. The van der Waals surface area contributed by atoms with Crippen molar-refractivity contribution in [3.63, 3.8) is 0 Å². The van der Waals surface area contributed by atoms with Crippen LogP contribution in [0.1, 0.15) is 29.1 Å². The van der Waals surface area contributed by atoms with Gasteiger partial charge < -0.3 is 9.80 Å². The average molecular weight is 732 g/mol. The van der Waals surface area contributed by atoms with E-state index >= 15 is 0 Å². The van der Waals surface area contributed by atoms with Crippen LogP contribution >= 0.6 is 0 Å². The normalized spacial score (nSPS) is 15.6. The molecular formula is C55H38N2. The minimum absolute atomic E-state index is 0.101. The molecule has 0 amide bonds. The zero-order chi connectivity index (χ0) is 42.1. The van der Waals surface area contributed by atoms with Crippen LogP contribution in [0.3, 0.4) is 0 Å². The summed E-state index contributed by atoms with van der Waals surface area (Å²) in [6.45, 7) is 0. The SMILES string of the molecule is [2H]c1c([2H])c([2H])c(N(c2ccccc2)c2ccc3c(c2)-c2ccccc2C32c3ccccc3-c3cc(N(c4ccccc4)c4cccc(-c5ccccc5)c4)ccc32)c([2H])c1[2H]. The Balaban J connectivity index is 1.12. The first kappa shape index (κ1) is 28.1. The van der Waals surface area contributed by atoms with Gasteiger partial charge in [-0.3, -0.25) is 0 Å². The molecule has 1 spiro atoms. The van der Waals surface area contributed by atoms with Gasteiger partial charge in [0.05, 0.1) is 12.3 Å². The molecule has 0 bridgehead atoms. The van der Waals surface area contributed by atoms with Crippen LogP contribution in [0.5, 0.6) is 0 Å². The summed E-state index contributed by atoms with van der Waals surface area (Å²) in [4.78, 5) is 4.13. The van der Waals surface area contributed by atoms with E-state index in [0.29, 0.717) is 11.4 Å². The third-order valence-corrected chi connectivity index (χ3v) is 11.5. The first-order chi connectivity index (χ1) is 30.4. The summed E-state index contributed by atoms with van der Waals surface area (Å²) >= 11 is 0. The number of nitrogens with zero attached hydrogens (tertiary/aromatic N) is 2. The maximum Gasteiger partial charge on any atom is 0.0725 e. The van der Waals surface area contributed by atoms with E-state index in [1.165, 1.54) is 22.3 Å². The Labute approximate surface area is 341 Å². The van der Waals surface area contributed by atoms with Crippen molar-refractivity contribution in [3.05, 3.63) is 253 Å². The number of hydrogen-bond acceptors (Lipinski definition) is 2. The number of benzene rings is 9. The van der Waals surface area contributed by atoms with Crippen molar-refractivity contribution in [2.45, 2.75) is 5.41 Å². The number of hydrogen-bond donors (Lipinski definition) is 0. The molecule has 0 saturated carbocycles. The van der Waals surface area contributed by atoms with Gasteiger partial charge in [-0.2, -0.15) is 0 Å². The lowest BCUT2D eigenvalue weighted by molar-refractivity contribution is 0.793. The van der Waals surface area contributed by atoms with Gasteiger partial charge in [0.15, 0.2) is 0 Å². The topological polar surface area (TPSA) is 6.48 Å². The van der Waals surface area contributed by atoms with Crippen molar-refractivity contribution in [2.75, 3.05) is 9.80 Å². The molecule has 1 unspecified atom stereocenters. The van der Waals surface area contributed by atoms with E-state index in [2.05, 4.69) is 163 Å². The van der Waals surface area contributed by atoms with E-state index in [4.69, 9.17) is 6.85 Å². The average Bonchev–Trinajstić information content (AvgIpc) is 3.79. The molecule has 2 heteroatoms. The van der Waals surface area contributed by atoms with Crippen LogP contribution < -0.4 is 9.80 Å². The molecular weight excluding hydrogens is 689 g/mol. The van der Waals surface area contributed by atoms with Gasteiger partial charge in [-0.15, -0.1) is 0 Å². The zero-order valence-corrected chi connectivity index (χ0v) is 30.9. The molecule has 0 fully saturated rings. The third kappa shape index (κ3) is 5.18. The molecule has 11 rings (SSSR count). The highest BCUT2D eigenvalue weighted by atomic mass is 15.1. The predicted molar refractivity (Wildman–Crippen MR) is 238 cm³/mol.